The van der Waals surface area contributed by atoms with Crippen LogP contribution in [-0.2, 0) is 4.74 Å². The molecule has 5 heterocycles. The van der Waals surface area contributed by atoms with E-state index in [2.05, 4.69) is 35.8 Å². The van der Waals surface area contributed by atoms with Crippen molar-refractivity contribution in [1.29, 1.82) is 0 Å². The number of ether oxygens (including phenoxy) is 1. The van der Waals surface area contributed by atoms with Gasteiger partial charge in [0, 0.05) is 54.8 Å². The summed E-state index contributed by atoms with van der Waals surface area (Å²) in [5, 5.41) is 25.6. The standard InChI is InChI=1S/C28H33F2N9O2/c1-28(40)9-5-19(6-10-28)34-22-14-24(32-16-20(22)21-8-12-38(37-21)27(29)30)35-23-7-11-31-26(36-23)18-15-33-39(17-18)25-4-2-3-13-41-25/h7-8,11-12,14-17,19,25,27,40H,2-6,9-10,13H2,1H3,(H2,31,32,34,35,36). The van der Waals surface area contributed by atoms with Crippen molar-refractivity contribution in [3.63, 3.8) is 0 Å². The third-order valence-corrected chi connectivity index (χ3v) is 7.63. The lowest BCUT2D eigenvalue weighted by atomic mass is 9.83. The van der Waals surface area contributed by atoms with Crippen LogP contribution in [0.3, 0.4) is 0 Å². The summed E-state index contributed by atoms with van der Waals surface area (Å²) in [7, 11) is 0. The number of anilines is 3. The number of nitrogens with zero attached hydrogens (tertiary/aromatic N) is 7. The highest BCUT2D eigenvalue weighted by Crippen LogP contribution is 2.34. The van der Waals surface area contributed by atoms with E-state index in [1.165, 1.54) is 6.20 Å². The van der Waals surface area contributed by atoms with Crippen molar-refractivity contribution in [2.75, 3.05) is 17.2 Å². The molecule has 0 spiro atoms. The van der Waals surface area contributed by atoms with Crippen molar-refractivity contribution in [2.45, 2.75) is 76.3 Å². The number of nitrogens with one attached hydrogen (secondary N) is 2. The van der Waals surface area contributed by atoms with E-state index in [4.69, 9.17) is 4.74 Å². The Hall–Kier alpha value is -3.97. The number of hydrogen-bond acceptors (Lipinski definition) is 9. The first-order valence-corrected chi connectivity index (χ1v) is 13.9. The predicted octanol–water partition coefficient (Wildman–Crippen LogP) is 5.54. The van der Waals surface area contributed by atoms with Gasteiger partial charge in [-0.15, -0.1) is 0 Å². The van der Waals surface area contributed by atoms with E-state index in [9.17, 15) is 13.9 Å². The molecule has 4 aromatic heterocycles. The van der Waals surface area contributed by atoms with Crippen molar-refractivity contribution >= 4 is 17.3 Å². The van der Waals surface area contributed by atoms with Crippen LogP contribution in [-0.4, -0.2) is 57.9 Å². The number of rotatable bonds is 8. The molecule has 1 aliphatic carbocycles. The molecule has 1 unspecified atom stereocenters. The molecule has 6 rings (SSSR count). The highest BCUT2D eigenvalue weighted by Gasteiger charge is 2.29. The van der Waals surface area contributed by atoms with Crippen molar-refractivity contribution in [3.05, 3.63) is 49.2 Å². The van der Waals surface area contributed by atoms with Gasteiger partial charge in [0.2, 0.25) is 0 Å². The summed E-state index contributed by atoms with van der Waals surface area (Å²) in [4.78, 5) is 13.6. The maximum absolute atomic E-state index is 13.2. The molecule has 1 atom stereocenters. The zero-order valence-corrected chi connectivity index (χ0v) is 22.7. The highest BCUT2D eigenvalue weighted by atomic mass is 19.3. The molecule has 1 aliphatic heterocycles. The molecule has 1 saturated carbocycles. The van der Waals surface area contributed by atoms with Crippen molar-refractivity contribution < 1.29 is 18.6 Å². The molecule has 1 saturated heterocycles. The molecule has 13 heteroatoms. The SMILES string of the molecule is CC1(O)CCC(Nc2cc(Nc3ccnc(-c4cnn(C5CCCCO5)c4)n3)ncc2-c2ccn(C(F)F)n2)CC1. The fourth-order valence-corrected chi connectivity index (χ4v) is 5.28. The first kappa shape index (κ1) is 27.2. The molecular weight excluding hydrogens is 532 g/mol. The van der Waals surface area contributed by atoms with E-state index in [1.54, 1.807) is 30.7 Å². The van der Waals surface area contributed by atoms with E-state index in [-0.39, 0.29) is 12.3 Å². The number of hydrogen-bond donors (Lipinski definition) is 3. The molecule has 4 aromatic rings. The van der Waals surface area contributed by atoms with Crippen molar-refractivity contribution in [3.8, 4) is 22.6 Å². The van der Waals surface area contributed by atoms with Gasteiger partial charge in [-0.3, -0.25) is 0 Å². The maximum Gasteiger partial charge on any atom is 0.333 e. The molecule has 2 aliphatic rings. The molecule has 0 radical (unpaired) electrons. The molecule has 0 bridgehead atoms. The maximum atomic E-state index is 13.2. The zero-order chi connectivity index (χ0) is 28.4. The monoisotopic (exact) mass is 565 g/mol. The fourth-order valence-electron chi connectivity index (χ4n) is 5.28. The third kappa shape index (κ3) is 6.35. The minimum Gasteiger partial charge on any atom is -0.390 e. The minimum absolute atomic E-state index is 0.0742. The molecular formula is C28H33F2N9O2. The minimum atomic E-state index is -2.73. The lowest BCUT2D eigenvalue weighted by Crippen LogP contribution is -2.35. The van der Waals surface area contributed by atoms with Gasteiger partial charge in [-0.05, 0) is 64.0 Å². The predicted molar refractivity (Wildman–Crippen MR) is 149 cm³/mol. The summed E-state index contributed by atoms with van der Waals surface area (Å²) in [6.45, 7) is -0.150. The van der Waals surface area contributed by atoms with Gasteiger partial charge in [0.15, 0.2) is 5.82 Å². The Morgan fingerprint density at radius 2 is 1.95 bits per heavy atom. The number of pyridine rings is 1. The average Bonchev–Trinajstić information content (AvgIpc) is 3.66. The molecule has 0 amide bonds. The van der Waals surface area contributed by atoms with Crippen LogP contribution in [0.15, 0.2) is 49.2 Å². The van der Waals surface area contributed by atoms with Gasteiger partial charge < -0.3 is 20.5 Å². The van der Waals surface area contributed by atoms with Gasteiger partial charge in [0.25, 0.3) is 0 Å². The second-order valence-electron chi connectivity index (χ2n) is 10.9. The number of alkyl halides is 2. The van der Waals surface area contributed by atoms with Crippen LogP contribution >= 0.6 is 0 Å². The number of aromatic nitrogens is 7. The summed E-state index contributed by atoms with van der Waals surface area (Å²) in [6.07, 6.45) is 14.1. The Morgan fingerprint density at radius 3 is 2.71 bits per heavy atom. The van der Waals surface area contributed by atoms with E-state index >= 15 is 0 Å². The van der Waals surface area contributed by atoms with Gasteiger partial charge in [-0.25, -0.2) is 24.3 Å². The number of aliphatic hydroxyl groups is 1. The Labute approximate surface area is 236 Å². The van der Waals surface area contributed by atoms with Gasteiger partial charge in [0.1, 0.15) is 17.9 Å². The first-order chi connectivity index (χ1) is 19.8. The quantitative estimate of drug-likeness (QED) is 0.252. The molecule has 216 valence electrons. The summed E-state index contributed by atoms with van der Waals surface area (Å²) < 4.78 is 34.7. The average molecular weight is 566 g/mol. The van der Waals surface area contributed by atoms with Crippen LogP contribution in [0.1, 0.15) is 64.6 Å². The molecule has 3 N–H and O–H groups in total. The van der Waals surface area contributed by atoms with Crippen LogP contribution in [0.5, 0.6) is 0 Å². The lowest BCUT2D eigenvalue weighted by molar-refractivity contribution is -0.0394. The Morgan fingerprint density at radius 1 is 1.10 bits per heavy atom. The van der Waals surface area contributed by atoms with E-state index in [0.29, 0.717) is 51.9 Å². The van der Waals surface area contributed by atoms with Gasteiger partial charge in [0.05, 0.1) is 23.1 Å². The largest absolute Gasteiger partial charge is 0.390 e. The smallest absolute Gasteiger partial charge is 0.333 e. The summed E-state index contributed by atoms with van der Waals surface area (Å²) in [6, 6.07) is 5.22. The van der Waals surface area contributed by atoms with Gasteiger partial charge in [-0.1, -0.05) is 0 Å². The van der Waals surface area contributed by atoms with Crippen LogP contribution in [0, 0.1) is 0 Å². The second kappa shape index (κ2) is 11.5. The van der Waals surface area contributed by atoms with Crippen LogP contribution in [0.4, 0.5) is 26.1 Å². The van der Waals surface area contributed by atoms with Crippen molar-refractivity contribution in [2.24, 2.45) is 0 Å². The summed E-state index contributed by atoms with van der Waals surface area (Å²) in [5.41, 5.74) is 1.80. The first-order valence-electron chi connectivity index (χ1n) is 13.9. The van der Waals surface area contributed by atoms with Crippen LogP contribution < -0.4 is 10.6 Å². The topological polar surface area (TPSA) is 128 Å². The van der Waals surface area contributed by atoms with E-state index in [1.807, 2.05) is 23.9 Å². The van der Waals surface area contributed by atoms with E-state index < -0.39 is 12.2 Å². The second-order valence-corrected chi connectivity index (χ2v) is 10.9. The lowest BCUT2D eigenvalue weighted by Gasteiger charge is -2.34. The molecule has 2 fully saturated rings. The molecule has 11 nitrogen and oxygen atoms in total. The fraction of sp³-hybridized carbons (Fsp3) is 0.464. The number of halogens is 2. The zero-order valence-electron chi connectivity index (χ0n) is 22.7. The summed E-state index contributed by atoms with van der Waals surface area (Å²) >= 11 is 0. The molecule has 41 heavy (non-hydrogen) atoms. The Balaban J connectivity index is 1.24. The van der Waals surface area contributed by atoms with Crippen LogP contribution in [0.25, 0.3) is 22.6 Å². The normalized spacial score (nSPS) is 23.0. The summed E-state index contributed by atoms with van der Waals surface area (Å²) in [5.74, 6) is 1.57. The highest BCUT2D eigenvalue weighted by molar-refractivity contribution is 5.78. The van der Waals surface area contributed by atoms with Crippen molar-refractivity contribution in [1.82, 2.24) is 34.5 Å². The third-order valence-electron chi connectivity index (χ3n) is 7.63. The van der Waals surface area contributed by atoms with Crippen LogP contribution in [0.2, 0.25) is 0 Å². The van der Waals surface area contributed by atoms with E-state index in [0.717, 1.165) is 44.3 Å². The Bertz CT molecular complexity index is 1470. The van der Waals surface area contributed by atoms with Gasteiger partial charge >= 0.3 is 6.55 Å². The molecule has 0 aromatic carbocycles. The Kier molecular flexibility index (Phi) is 7.63. The van der Waals surface area contributed by atoms with Gasteiger partial charge in [-0.2, -0.15) is 19.0 Å².